The first-order chi connectivity index (χ1) is 6.52. The number of halogens is 3. The first-order valence-corrected chi connectivity index (χ1v) is 4.41. The van der Waals surface area contributed by atoms with Gasteiger partial charge in [0.1, 0.15) is 0 Å². The molecule has 5 heteroatoms. The van der Waals surface area contributed by atoms with Gasteiger partial charge in [-0.25, -0.2) is 13.2 Å². The number of benzene rings is 1. The summed E-state index contributed by atoms with van der Waals surface area (Å²) < 4.78 is 38.8. The summed E-state index contributed by atoms with van der Waals surface area (Å²) in [6, 6.07) is 0.977. The zero-order valence-corrected chi connectivity index (χ0v) is 8.01. The van der Waals surface area contributed by atoms with E-state index in [-0.39, 0.29) is 11.6 Å². The maximum absolute atomic E-state index is 13.2. The van der Waals surface area contributed by atoms with Crippen LogP contribution in [-0.2, 0) is 0 Å². The molecule has 0 bridgehead atoms. The fourth-order valence-corrected chi connectivity index (χ4v) is 1.68. The van der Waals surface area contributed by atoms with E-state index in [2.05, 4.69) is 5.32 Å². The molecule has 1 aromatic rings. The second kappa shape index (κ2) is 2.95. The van der Waals surface area contributed by atoms with Crippen molar-refractivity contribution in [2.24, 2.45) is 0 Å². The Labute approximate surface area is 83.9 Å². The summed E-state index contributed by atoms with van der Waals surface area (Å²) in [6.07, 6.45) is 0. The maximum Gasteiger partial charge on any atom is 0.196 e. The SMILES string of the molecule is CC1C(=S)Nc2c1cc(F)c(F)c2F. The van der Waals surface area contributed by atoms with Gasteiger partial charge in [0.05, 0.1) is 10.7 Å². The number of hydrogen-bond donors (Lipinski definition) is 1. The van der Waals surface area contributed by atoms with Crippen molar-refractivity contribution < 1.29 is 13.2 Å². The molecule has 74 valence electrons. The highest BCUT2D eigenvalue weighted by Crippen LogP contribution is 2.36. The molecule has 14 heavy (non-hydrogen) atoms. The van der Waals surface area contributed by atoms with Crippen LogP contribution in [0.15, 0.2) is 6.07 Å². The summed E-state index contributed by atoms with van der Waals surface area (Å²) in [7, 11) is 0. The Morgan fingerprint density at radius 2 is 1.93 bits per heavy atom. The second-order valence-electron chi connectivity index (χ2n) is 3.16. The van der Waals surface area contributed by atoms with E-state index in [0.29, 0.717) is 10.6 Å². The smallest absolute Gasteiger partial charge is 0.196 e. The number of hydrogen-bond acceptors (Lipinski definition) is 1. The van der Waals surface area contributed by atoms with Crippen LogP contribution in [0.5, 0.6) is 0 Å². The highest BCUT2D eigenvalue weighted by atomic mass is 32.1. The van der Waals surface area contributed by atoms with Crippen LogP contribution in [0, 0.1) is 17.5 Å². The van der Waals surface area contributed by atoms with Crippen LogP contribution in [0.2, 0.25) is 0 Å². The summed E-state index contributed by atoms with van der Waals surface area (Å²) in [5.74, 6) is -4.12. The molecule has 1 unspecified atom stereocenters. The van der Waals surface area contributed by atoms with Gasteiger partial charge >= 0.3 is 0 Å². The Balaban J connectivity index is 2.70. The molecule has 1 N–H and O–H groups in total. The number of thiocarbonyl (C=S) groups is 1. The number of rotatable bonds is 0. The Morgan fingerprint density at radius 3 is 2.57 bits per heavy atom. The number of anilines is 1. The second-order valence-corrected chi connectivity index (χ2v) is 3.60. The van der Waals surface area contributed by atoms with E-state index in [4.69, 9.17) is 12.2 Å². The molecule has 0 aliphatic carbocycles. The minimum Gasteiger partial charge on any atom is -0.347 e. The van der Waals surface area contributed by atoms with E-state index in [1.807, 2.05) is 0 Å². The molecule has 1 aliphatic rings. The molecule has 0 radical (unpaired) electrons. The molecular formula is C9H6F3NS. The first kappa shape index (κ1) is 9.45. The number of fused-ring (bicyclic) bond motifs is 1. The first-order valence-electron chi connectivity index (χ1n) is 4.00. The lowest BCUT2D eigenvalue weighted by Gasteiger charge is -2.03. The normalized spacial score (nSPS) is 19.4. The minimum atomic E-state index is -1.46. The highest BCUT2D eigenvalue weighted by molar-refractivity contribution is 7.80. The molecule has 0 amide bonds. The van der Waals surface area contributed by atoms with Crippen LogP contribution >= 0.6 is 12.2 Å². The third kappa shape index (κ3) is 1.12. The molecule has 0 saturated heterocycles. The van der Waals surface area contributed by atoms with Crippen molar-refractivity contribution >= 4 is 22.9 Å². The van der Waals surface area contributed by atoms with Gasteiger partial charge in [-0.15, -0.1) is 0 Å². The van der Waals surface area contributed by atoms with Crippen LogP contribution in [-0.4, -0.2) is 4.99 Å². The molecule has 1 nitrogen and oxygen atoms in total. The molecule has 0 aromatic heterocycles. The Morgan fingerprint density at radius 1 is 1.29 bits per heavy atom. The van der Waals surface area contributed by atoms with Crippen molar-refractivity contribution in [3.05, 3.63) is 29.1 Å². The molecular weight excluding hydrogens is 211 g/mol. The van der Waals surface area contributed by atoms with Crippen LogP contribution in [0.4, 0.5) is 18.9 Å². The zero-order chi connectivity index (χ0) is 10.5. The lowest BCUT2D eigenvalue weighted by molar-refractivity contribution is 0.448. The average molecular weight is 217 g/mol. The molecule has 1 atom stereocenters. The van der Waals surface area contributed by atoms with Gasteiger partial charge in [-0.2, -0.15) is 0 Å². The molecule has 0 fully saturated rings. The van der Waals surface area contributed by atoms with E-state index in [1.165, 1.54) is 0 Å². The molecule has 0 saturated carbocycles. The van der Waals surface area contributed by atoms with Gasteiger partial charge in [0.2, 0.25) is 0 Å². The summed E-state index contributed by atoms with van der Waals surface area (Å²) in [5.41, 5.74) is 0.327. The summed E-state index contributed by atoms with van der Waals surface area (Å²) in [4.78, 5) is 0.379. The maximum atomic E-state index is 13.2. The zero-order valence-electron chi connectivity index (χ0n) is 7.20. The van der Waals surface area contributed by atoms with Gasteiger partial charge in [-0.3, -0.25) is 0 Å². The van der Waals surface area contributed by atoms with Crippen LogP contribution in [0.25, 0.3) is 0 Å². The molecule has 2 rings (SSSR count). The van der Waals surface area contributed by atoms with Crippen LogP contribution < -0.4 is 5.32 Å². The predicted molar refractivity (Wildman–Crippen MR) is 51.0 cm³/mol. The quantitative estimate of drug-likeness (QED) is 0.529. The molecule has 1 heterocycles. The van der Waals surface area contributed by atoms with Crippen molar-refractivity contribution in [1.29, 1.82) is 0 Å². The molecule has 1 aliphatic heterocycles. The average Bonchev–Trinajstić information content (AvgIpc) is 2.42. The summed E-state index contributed by atoms with van der Waals surface area (Å²) in [6.45, 7) is 1.71. The van der Waals surface area contributed by atoms with Gasteiger partial charge in [0, 0.05) is 5.92 Å². The number of nitrogens with one attached hydrogen (secondary N) is 1. The fraction of sp³-hybridized carbons (Fsp3) is 0.222. The Hall–Kier alpha value is -1.10. The largest absolute Gasteiger partial charge is 0.347 e. The fourth-order valence-electron chi connectivity index (χ4n) is 1.45. The van der Waals surface area contributed by atoms with Gasteiger partial charge in [0.15, 0.2) is 17.5 Å². The van der Waals surface area contributed by atoms with Crippen LogP contribution in [0.3, 0.4) is 0 Å². The van der Waals surface area contributed by atoms with E-state index < -0.39 is 17.5 Å². The van der Waals surface area contributed by atoms with Crippen molar-refractivity contribution in [3.8, 4) is 0 Å². The van der Waals surface area contributed by atoms with E-state index in [9.17, 15) is 13.2 Å². The van der Waals surface area contributed by atoms with E-state index >= 15 is 0 Å². The van der Waals surface area contributed by atoms with E-state index in [1.54, 1.807) is 6.92 Å². The van der Waals surface area contributed by atoms with Gasteiger partial charge < -0.3 is 5.32 Å². The summed E-state index contributed by atoms with van der Waals surface area (Å²) >= 11 is 4.87. The van der Waals surface area contributed by atoms with E-state index in [0.717, 1.165) is 6.07 Å². The standard InChI is InChI=1S/C9H6F3NS/c1-3-4-2-5(10)6(11)7(12)8(4)13-9(3)14/h2-3H,1H3,(H,13,14). The van der Waals surface area contributed by atoms with Crippen LogP contribution in [0.1, 0.15) is 18.4 Å². The molecule has 1 aromatic carbocycles. The lowest BCUT2D eigenvalue weighted by atomic mass is 10.0. The monoisotopic (exact) mass is 217 g/mol. The van der Waals surface area contributed by atoms with Crippen molar-refractivity contribution in [2.45, 2.75) is 12.8 Å². The predicted octanol–water partition coefficient (Wildman–Crippen LogP) is 2.96. The van der Waals surface area contributed by atoms with Gasteiger partial charge in [-0.1, -0.05) is 19.1 Å². The third-order valence-corrected chi connectivity index (χ3v) is 2.76. The topological polar surface area (TPSA) is 12.0 Å². The van der Waals surface area contributed by atoms with Crippen molar-refractivity contribution in [2.75, 3.05) is 5.32 Å². The molecule has 0 spiro atoms. The van der Waals surface area contributed by atoms with Crippen molar-refractivity contribution in [3.63, 3.8) is 0 Å². The third-order valence-electron chi connectivity index (χ3n) is 2.30. The summed E-state index contributed by atoms with van der Waals surface area (Å²) in [5, 5.41) is 2.53. The highest BCUT2D eigenvalue weighted by Gasteiger charge is 2.29. The van der Waals surface area contributed by atoms with Crippen molar-refractivity contribution in [1.82, 2.24) is 0 Å². The Kier molecular flexibility index (Phi) is 1.99. The van der Waals surface area contributed by atoms with Gasteiger partial charge in [-0.05, 0) is 11.6 Å². The Bertz CT molecular complexity index is 431. The lowest BCUT2D eigenvalue weighted by Crippen LogP contribution is -2.05. The minimum absolute atomic E-state index is 0.0404. The van der Waals surface area contributed by atoms with Gasteiger partial charge in [0.25, 0.3) is 0 Å².